The van der Waals surface area contributed by atoms with Gasteiger partial charge in [-0.2, -0.15) is 12.9 Å². The van der Waals surface area contributed by atoms with Gasteiger partial charge in [0.25, 0.3) is 0 Å². The van der Waals surface area contributed by atoms with Crippen LogP contribution in [-0.2, 0) is 35.9 Å². The molecule has 14 nitrogen and oxygen atoms in total. The average molecular weight is 449 g/mol. The van der Waals surface area contributed by atoms with Crippen molar-refractivity contribution in [2.24, 2.45) is 0 Å². The summed E-state index contributed by atoms with van der Waals surface area (Å²) in [4.78, 5) is 31.7. The average Bonchev–Trinajstić information content (AvgIpc) is 2.79. The Morgan fingerprint density at radius 2 is 1.67 bits per heavy atom. The smallest absolute Gasteiger partial charge is 0.387 e. The molecule has 0 amide bonds. The number of rotatable bonds is 4. The monoisotopic (exact) mass is 449 g/mol. The quantitative estimate of drug-likeness (QED) is 0.381. The first kappa shape index (κ1) is 21.0. The van der Waals surface area contributed by atoms with Crippen LogP contribution in [0.5, 0.6) is 0 Å². The van der Waals surface area contributed by atoms with Crippen LogP contribution < -0.4 is 5.56 Å². The topological polar surface area (TPSA) is 211 Å². The maximum absolute atomic E-state index is 12.1. The van der Waals surface area contributed by atoms with Crippen LogP contribution in [0.4, 0.5) is 0 Å². The number of phosphoric acid groups is 3. The van der Waals surface area contributed by atoms with Gasteiger partial charge in [0.05, 0.1) is 6.61 Å². The fraction of sp³-hybridized carbons (Fsp3) is 0.500. The molecule has 3 unspecified atom stereocenters. The molecular formula is C10H14NO13P3. The number of H-pyrrole nitrogens is 1. The molecule has 0 radical (unpaired) electrons. The van der Waals surface area contributed by atoms with Crippen LogP contribution in [0.3, 0.4) is 0 Å². The van der Waals surface area contributed by atoms with E-state index < -0.39 is 60.1 Å². The molecule has 0 aromatic carbocycles. The summed E-state index contributed by atoms with van der Waals surface area (Å²) >= 11 is 0. The van der Waals surface area contributed by atoms with E-state index in [0.717, 1.165) is 0 Å². The number of ether oxygens (including phenoxy) is 1. The SMILES string of the molecule is O=c1ccc([C@@H]2O[C@H](COP3(=O)OP(=O)(O)OP(=O)(O)O3)[C@H](O)C2O)c[nH]1. The second kappa shape index (κ2) is 7.27. The molecule has 1 aromatic heterocycles. The molecule has 2 saturated heterocycles. The van der Waals surface area contributed by atoms with Crippen molar-refractivity contribution >= 4 is 23.5 Å². The minimum absolute atomic E-state index is 0.313. The first-order valence-electron chi connectivity index (χ1n) is 7.14. The maximum atomic E-state index is 12.1. The van der Waals surface area contributed by atoms with Crippen molar-refractivity contribution in [3.8, 4) is 0 Å². The van der Waals surface area contributed by atoms with E-state index in [1.54, 1.807) is 0 Å². The Hall–Kier alpha value is -0.720. The van der Waals surface area contributed by atoms with E-state index in [1.807, 2.05) is 0 Å². The highest BCUT2D eigenvalue weighted by atomic mass is 31.3. The highest BCUT2D eigenvalue weighted by Gasteiger charge is 2.55. The third-order valence-corrected chi connectivity index (χ3v) is 8.88. The second-order valence-electron chi connectivity index (χ2n) is 5.49. The molecule has 3 rings (SSSR count). The van der Waals surface area contributed by atoms with Gasteiger partial charge in [-0.15, -0.1) is 0 Å². The lowest BCUT2D eigenvalue weighted by Gasteiger charge is -2.27. The van der Waals surface area contributed by atoms with Gasteiger partial charge in [0.15, 0.2) is 0 Å². The summed E-state index contributed by atoms with van der Waals surface area (Å²) in [7, 11) is -15.4. The summed E-state index contributed by atoms with van der Waals surface area (Å²) in [6, 6.07) is 2.51. The Morgan fingerprint density at radius 1 is 1.04 bits per heavy atom. The van der Waals surface area contributed by atoms with Crippen LogP contribution in [0.15, 0.2) is 23.1 Å². The van der Waals surface area contributed by atoms with E-state index in [2.05, 4.69) is 22.4 Å². The molecule has 1 aromatic rings. The maximum Gasteiger partial charge on any atom is 0.492 e. The van der Waals surface area contributed by atoms with Gasteiger partial charge in [-0.05, 0) is 11.6 Å². The van der Waals surface area contributed by atoms with Crippen molar-refractivity contribution in [3.63, 3.8) is 0 Å². The van der Waals surface area contributed by atoms with Crippen molar-refractivity contribution in [1.82, 2.24) is 4.98 Å². The molecule has 3 heterocycles. The number of aliphatic hydroxyl groups excluding tert-OH is 2. The molecule has 152 valence electrons. The minimum atomic E-state index is -5.20. The highest BCUT2D eigenvalue weighted by molar-refractivity contribution is 7.74. The summed E-state index contributed by atoms with van der Waals surface area (Å²) < 4.78 is 56.7. The van der Waals surface area contributed by atoms with E-state index in [-0.39, 0.29) is 0 Å². The molecule has 5 N–H and O–H groups in total. The predicted octanol–water partition coefficient (Wildman–Crippen LogP) is -0.0745. The largest absolute Gasteiger partial charge is 0.492 e. The summed E-state index contributed by atoms with van der Waals surface area (Å²) in [5.41, 5.74) is -0.0889. The zero-order valence-electron chi connectivity index (χ0n) is 13.1. The van der Waals surface area contributed by atoms with E-state index >= 15 is 0 Å². The third-order valence-electron chi connectivity index (χ3n) is 3.51. The van der Waals surface area contributed by atoms with E-state index in [1.165, 1.54) is 18.3 Å². The van der Waals surface area contributed by atoms with Gasteiger partial charge < -0.3 is 29.7 Å². The molecule has 27 heavy (non-hydrogen) atoms. The number of aliphatic hydroxyl groups is 2. The molecule has 2 aliphatic rings. The highest BCUT2D eigenvalue weighted by Crippen LogP contribution is 2.80. The Balaban J connectivity index is 1.70. The molecule has 2 aliphatic heterocycles. The molecule has 0 spiro atoms. The van der Waals surface area contributed by atoms with Crippen LogP contribution in [0.25, 0.3) is 0 Å². The molecule has 6 atom stereocenters. The second-order valence-corrected chi connectivity index (χ2v) is 10.5. The predicted molar refractivity (Wildman–Crippen MR) is 83.2 cm³/mol. The Morgan fingerprint density at radius 3 is 2.22 bits per heavy atom. The molecule has 0 saturated carbocycles. The van der Waals surface area contributed by atoms with E-state index in [9.17, 15) is 28.7 Å². The van der Waals surface area contributed by atoms with Crippen molar-refractivity contribution in [2.75, 3.05) is 6.61 Å². The van der Waals surface area contributed by atoms with Gasteiger partial charge in [-0.25, -0.2) is 13.7 Å². The lowest BCUT2D eigenvalue weighted by atomic mass is 10.0. The van der Waals surface area contributed by atoms with E-state index in [0.29, 0.717) is 5.56 Å². The van der Waals surface area contributed by atoms with E-state index in [4.69, 9.17) is 14.5 Å². The van der Waals surface area contributed by atoms with Gasteiger partial charge in [0, 0.05) is 12.3 Å². The fourth-order valence-electron chi connectivity index (χ4n) is 2.40. The summed E-state index contributed by atoms with van der Waals surface area (Å²) in [6.07, 6.45) is -4.18. The lowest BCUT2D eigenvalue weighted by Crippen LogP contribution is -2.33. The number of hydrogen-bond acceptors (Lipinski definition) is 11. The number of pyridine rings is 1. The normalized spacial score (nSPS) is 45.0. The lowest BCUT2D eigenvalue weighted by molar-refractivity contribution is -0.0231. The van der Waals surface area contributed by atoms with Gasteiger partial charge >= 0.3 is 23.5 Å². The Bertz CT molecular complexity index is 867. The van der Waals surface area contributed by atoms with Crippen molar-refractivity contribution in [3.05, 3.63) is 34.2 Å². The molecular weight excluding hydrogens is 435 g/mol. The Labute approximate surface area is 150 Å². The zero-order chi connectivity index (χ0) is 20.0. The van der Waals surface area contributed by atoms with Crippen molar-refractivity contribution in [2.45, 2.75) is 24.4 Å². The summed E-state index contributed by atoms with van der Waals surface area (Å²) in [5, 5.41) is 20.1. The number of aromatic nitrogens is 1. The van der Waals surface area contributed by atoms with Crippen LogP contribution in [0.2, 0.25) is 0 Å². The minimum Gasteiger partial charge on any atom is -0.387 e. The van der Waals surface area contributed by atoms with Crippen LogP contribution >= 0.6 is 23.5 Å². The first-order valence-corrected chi connectivity index (χ1v) is 11.6. The zero-order valence-corrected chi connectivity index (χ0v) is 15.7. The molecule has 17 heteroatoms. The van der Waals surface area contributed by atoms with Crippen LogP contribution in [-0.4, -0.2) is 49.9 Å². The molecule has 0 aliphatic carbocycles. The van der Waals surface area contributed by atoms with Crippen molar-refractivity contribution < 1.29 is 55.9 Å². The number of hydrogen-bond donors (Lipinski definition) is 5. The molecule has 2 fully saturated rings. The summed E-state index contributed by atoms with van der Waals surface area (Å²) in [5.74, 6) is 0. The van der Waals surface area contributed by atoms with Gasteiger partial charge in [-0.3, -0.25) is 9.32 Å². The van der Waals surface area contributed by atoms with Crippen molar-refractivity contribution in [1.29, 1.82) is 0 Å². The first-order chi connectivity index (χ1) is 12.4. The van der Waals surface area contributed by atoms with Gasteiger partial charge in [0.2, 0.25) is 5.56 Å². The standard InChI is InChI=1S/C10H14NO13P3/c12-7-2-1-5(3-11-7)10-9(14)8(13)6(21-10)4-20-27(19)23-25(15,16)22-26(17,18)24-27/h1-3,6,8-10,13-14H,4H2,(H,11,12)(H,15,16)(H,17,18)/t6-,8+,9?,10+/m1/s1. The van der Waals surface area contributed by atoms with Crippen LogP contribution in [0.1, 0.15) is 11.7 Å². The third kappa shape index (κ3) is 4.83. The van der Waals surface area contributed by atoms with Crippen LogP contribution in [0, 0.1) is 0 Å². The van der Waals surface area contributed by atoms with Gasteiger partial charge in [-0.1, -0.05) is 0 Å². The summed E-state index contributed by atoms with van der Waals surface area (Å²) in [6.45, 7) is -0.810. The Kier molecular flexibility index (Phi) is 5.65. The number of nitrogens with one attached hydrogen (secondary N) is 1. The fourth-order valence-corrected chi connectivity index (χ4v) is 7.34. The molecule has 0 bridgehead atoms. The van der Waals surface area contributed by atoms with Gasteiger partial charge in [0.1, 0.15) is 24.4 Å². The number of aromatic amines is 1.